The molecule has 0 unspecified atom stereocenters. The molecule has 0 spiro atoms. The number of furan rings is 1. The second kappa shape index (κ2) is 5.40. The lowest BCUT2D eigenvalue weighted by Gasteiger charge is -2.05. The molecular weight excluding hydrogens is 252 g/mol. The Balaban J connectivity index is 1.83. The molecule has 2 heterocycles. The van der Waals surface area contributed by atoms with E-state index >= 15 is 0 Å². The van der Waals surface area contributed by atoms with Gasteiger partial charge in [0.1, 0.15) is 0 Å². The molecule has 3 aromatic rings. The van der Waals surface area contributed by atoms with Gasteiger partial charge in [-0.05, 0) is 23.8 Å². The van der Waals surface area contributed by atoms with Crippen LogP contribution < -0.4 is 5.32 Å². The van der Waals surface area contributed by atoms with Gasteiger partial charge < -0.3 is 9.73 Å². The second-order valence-electron chi connectivity index (χ2n) is 4.26. The largest absolute Gasteiger partial charge is 0.459 e. The van der Waals surface area contributed by atoms with Crippen LogP contribution in [0.3, 0.4) is 0 Å². The second-order valence-corrected chi connectivity index (χ2v) is 4.26. The van der Waals surface area contributed by atoms with Crippen molar-refractivity contribution in [2.24, 2.45) is 0 Å². The fourth-order valence-corrected chi connectivity index (χ4v) is 1.90. The Kier molecular flexibility index (Phi) is 3.29. The van der Waals surface area contributed by atoms with Crippen molar-refractivity contribution in [2.75, 3.05) is 5.32 Å². The van der Waals surface area contributed by atoms with Crippen molar-refractivity contribution in [1.29, 1.82) is 0 Å². The summed E-state index contributed by atoms with van der Waals surface area (Å²) in [5.41, 5.74) is 2.63. The monoisotopic (exact) mass is 264 g/mol. The third kappa shape index (κ3) is 2.59. The van der Waals surface area contributed by atoms with Gasteiger partial charge in [0.15, 0.2) is 5.76 Å². The maximum absolute atomic E-state index is 11.9. The zero-order chi connectivity index (χ0) is 13.8. The van der Waals surface area contributed by atoms with E-state index in [4.69, 9.17) is 4.42 Å². The maximum Gasteiger partial charge on any atom is 0.291 e. The number of pyridine rings is 1. The van der Waals surface area contributed by atoms with E-state index in [1.54, 1.807) is 24.5 Å². The number of hydrogen-bond acceptors (Lipinski definition) is 3. The molecule has 0 aliphatic heterocycles. The topological polar surface area (TPSA) is 55.1 Å². The Labute approximate surface area is 116 Å². The van der Waals surface area contributed by atoms with Crippen LogP contribution in [0.5, 0.6) is 0 Å². The average Bonchev–Trinajstić information content (AvgIpc) is 3.03. The molecule has 0 aliphatic rings. The van der Waals surface area contributed by atoms with Crippen LogP contribution in [0.25, 0.3) is 11.1 Å². The number of nitrogens with zero attached hydrogens (tertiary/aromatic N) is 1. The molecule has 1 aromatic carbocycles. The van der Waals surface area contributed by atoms with Crippen LogP contribution in [-0.2, 0) is 0 Å². The molecule has 1 amide bonds. The van der Waals surface area contributed by atoms with Gasteiger partial charge in [-0.2, -0.15) is 0 Å². The number of carbonyl (C=O) groups excluding carboxylic acids is 1. The molecule has 0 bridgehead atoms. The van der Waals surface area contributed by atoms with Crippen molar-refractivity contribution in [3.8, 4) is 11.1 Å². The summed E-state index contributed by atoms with van der Waals surface area (Å²) in [5, 5.41) is 2.76. The Morgan fingerprint density at radius 2 is 1.85 bits per heavy atom. The van der Waals surface area contributed by atoms with Gasteiger partial charge in [-0.1, -0.05) is 30.3 Å². The number of hydrogen-bond donors (Lipinski definition) is 1. The highest BCUT2D eigenvalue weighted by Gasteiger charge is 2.09. The number of carbonyl (C=O) groups is 1. The van der Waals surface area contributed by atoms with E-state index in [2.05, 4.69) is 10.3 Å². The van der Waals surface area contributed by atoms with Gasteiger partial charge in [0, 0.05) is 11.8 Å². The highest BCUT2D eigenvalue weighted by molar-refractivity contribution is 6.02. The molecule has 98 valence electrons. The summed E-state index contributed by atoms with van der Waals surface area (Å²) in [7, 11) is 0. The third-order valence-corrected chi connectivity index (χ3v) is 2.85. The number of nitrogens with one attached hydrogen (secondary N) is 1. The standard InChI is InChI=1S/C16H12N2O2/c19-16(15-7-4-8-20-15)18-14-9-13(10-17-11-14)12-5-2-1-3-6-12/h1-11H,(H,18,19). The number of amides is 1. The summed E-state index contributed by atoms with van der Waals surface area (Å²) in [5.74, 6) is -0.0166. The number of aromatic nitrogens is 1. The quantitative estimate of drug-likeness (QED) is 0.786. The molecule has 1 N–H and O–H groups in total. The van der Waals surface area contributed by atoms with Crippen molar-refractivity contribution >= 4 is 11.6 Å². The molecule has 2 aromatic heterocycles. The van der Waals surface area contributed by atoms with Crippen LogP contribution in [-0.4, -0.2) is 10.9 Å². The lowest BCUT2D eigenvalue weighted by molar-refractivity contribution is 0.0996. The molecule has 0 atom stereocenters. The molecule has 0 saturated carbocycles. The molecule has 0 aliphatic carbocycles. The first-order valence-corrected chi connectivity index (χ1v) is 6.18. The first-order chi connectivity index (χ1) is 9.83. The van der Waals surface area contributed by atoms with Crippen molar-refractivity contribution in [1.82, 2.24) is 4.98 Å². The lowest BCUT2D eigenvalue weighted by Crippen LogP contribution is -2.10. The van der Waals surface area contributed by atoms with E-state index < -0.39 is 0 Å². The smallest absolute Gasteiger partial charge is 0.291 e. The first kappa shape index (κ1) is 12.2. The molecule has 0 saturated heterocycles. The summed E-state index contributed by atoms with van der Waals surface area (Å²) < 4.78 is 5.05. The normalized spacial score (nSPS) is 10.2. The van der Waals surface area contributed by atoms with E-state index in [0.29, 0.717) is 5.69 Å². The van der Waals surface area contributed by atoms with Gasteiger partial charge in [-0.3, -0.25) is 9.78 Å². The number of rotatable bonds is 3. The zero-order valence-electron chi connectivity index (χ0n) is 10.6. The van der Waals surface area contributed by atoms with Gasteiger partial charge in [0.2, 0.25) is 0 Å². The van der Waals surface area contributed by atoms with E-state index in [9.17, 15) is 4.79 Å². The SMILES string of the molecule is O=C(Nc1cncc(-c2ccccc2)c1)c1ccco1. The summed E-state index contributed by atoms with van der Waals surface area (Å²) in [4.78, 5) is 16.0. The predicted molar refractivity (Wildman–Crippen MR) is 76.3 cm³/mol. The minimum absolute atomic E-state index is 0.273. The third-order valence-electron chi connectivity index (χ3n) is 2.85. The minimum atomic E-state index is -0.290. The Hall–Kier alpha value is -2.88. The Morgan fingerprint density at radius 1 is 1.00 bits per heavy atom. The molecule has 4 heteroatoms. The molecular formula is C16H12N2O2. The highest BCUT2D eigenvalue weighted by Crippen LogP contribution is 2.21. The average molecular weight is 264 g/mol. The van der Waals surface area contributed by atoms with Crippen molar-refractivity contribution in [2.45, 2.75) is 0 Å². The van der Waals surface area contributed by atoms with E-state index in [1.165, 1.54) is 6.26 Å². The molecule has 0 radical (unpaired) electrons. The highest BCUT2D eigenvalue weighted by atomic mass is 16.3. The zero-order valence-corrected chi connectivity index (χ0v) is 10.6. The summed E-state index contributed by atoms with van der Waals surface area (Å²) in [6.07, 6.45) is 4.83. The van der Waals surface area contributed by atoms with Crippen LogP contribution in [0.15, 0.2) is 71.6 Å². The van der Waals surface area contributed by atoms with Gasteiger partial charge in [-0.25, -0.2) is 0 Å². The number of anilines is 1. The lowest BCUT2D eigenvalue weighted by atomic mass is 10.1. The van der Waals surface area contributed by atoms with E-state index in [-0.39, 0.29) is 11.7 Å². The molecule has 0 fully saturated rings. The van der Waals surface area contributed by atoms with Crippen LogP contribution in [0.1, 0.15) is 10.6 Å². The van der Waals surface area contributed by atoms with Crippen LogP contribution in [0, 0.1) is 0 Å². The first-order valence-electron chi connectivity index (χ1n) is 6.18. The number of benzene rings is 1. The minimum Gasteiger partial charge on any atom is -0.459 e. The molecule has 4 nitrogen and oxygen atoms in total. The fourth-order valence-electron chi connectivity index (χ4n) is 1.90. The van der Waals surface area contributed by atoms with Gasteiger partial charge in [-0.15, -0.1) is 0 Å². The Bertz CT molecular complexity index is 706. The summed E-state index contributed by atoms with van der Waals surface area (Å²) >= 11 is 0. The van der Waals surface area contributed by atoms with Gasteiger partial charge in [0.05, 0.1) is 18.1 Å². The van der Waals surface area contributed by atoms with E-state index in [0.717, 1.165) is 11.1 Å². The van der Waals surface area contributed by atoms with Gasteiger partial charge in [0.25, 0.3) is 5.91 Å². The van der Waals surface area contributed by atoms with Gasteiger partial charge >= 0.3 is 0 Å². The van der Waals surface area contributed by atoms with E-state index in [1.807, 2.05) is 36.4 Å². The maximum atomic E-state index is 11.9. The van der Waals surface area contributed by atoms with Crippen molar-refractivity contribution < 1.29 is 9.21 Å². The Morgan fingerprint density at radius 3 is 2.60 bits per heavy atom. The van der Waals surface area contributed by atoms with Crippen molar-refractivity contribution in [3.05, 3.63) is 72.9 Å². The predicted octanol–water partition coefficient (Wildman–Crippen LogP) is 3.59. The van der Waals surface area contributed by atoms with Crippen LogP contribution >= 0.6 is 0 Å². The van der Waals surface area contributed by atoms with Crippen molar-refractivity contribution in [3.63, 3.8) is 0 Å². The summed E-state index contributed by atoms with van der Waals surface area (Å²) in [6.45, 7) is 0. The fraction of sp³-hybridized carbons (Fsp3) is 0. The summed E-state index contributed by atoms with van der Waals surface area (Å²) in [6, 6.07) is 15.0. The molecule has 20 heavy (non-hydrogen) atoms. The van der Waals surface area contributed by atoms with Crippen LogP contribution in [0.4, 0.5) is 5.69 Å². The van der Waals surface area contributed by atoms with Crippen LogP contribution in [0.2, 0.25) is 0 Å². The molecule has 3 rings (SSSR count).